The normalized spacial score (nSPS) is 17.6. The molecule has 0 saturated heterocycles. The molecule has 0 aromatic rings. The Kier molecular flexibility index (Phi) is 3.08. The van der Waals surface area contributed by atoms with Gasteiger partial charge in [-0.2, -0.15) is 0 Å². The minimum Gasteiger partial charge on any atom is -0.387 e. The average Bonchev–Trinajstić information content (AvgIpc) is 2.79. The molecule has 1 saturated carbocycles. The molecule has 0 aromatic heterocycles. The van der Waals surface area contributed by atoms with Gasteiger partial charge in [-0.3, -0.25) is 9.79 Å². The van der Waals surface area contributed by atoms with Gasteiger partial charge >= 0.3 is 0 Å². The maximum atomic E-state index is 10.4. The summed E-state index contributed by atoms with van der Waals surface area (Å²) in [5.74, 6) is 1.26. The van der Waals surface area contributed by atoms with Gasteiger partial charge in [0.25, 0.3) is 0 Å². The number of amides is 1. The second kappa shape index (κ2) is 4.09. The van der Waals surface area contributed by atoms with Crippen molar-refractivity contribution in [1.82, 2.24) is 5.32 Å². The maximum Gasteiger partial charge on any atom is 0.216 e. The number of aliphatic imine (C=N–C) groups is 1. The summed E-state index contributed by atoms with van der Waals surface area (Å²) in [6.07, 6.45) is 2.35. The van der Waals surface area contributed by atoms with E-state index in [4.69, 9.17) is 5.73 Å². The SMILES string of the molecule is CC(=O)NCCN=C(N)C1CC1. The van der Waals surface area contributed by atoms with Crippen molar-refractivity contribution < 1.29 is 4.79 Å². The smallest absolute Gasteiger partial charge is 0.216 e. The van der Waals surface area contributed by atoms with Crippen molar-refractivity contribution in [3.63, 3.8) is 0 Å². The van der Waals surface area contributed by atoms with Crippen LogP contribution in [0.4, 0.5) is 0 Å². The molecule has 1 aliphatic rings. The van der Waals surface area contributed by atoms with Crippen LogP contribution in [0.15, 0.2) is 4.99 Å². The topological polar surface area (TPSA) is 67.5 Å². The number of carbonyl (C=O) groups is 1. The van der Waals surface area contributed by atoms with E-state index in [0.29, 0.717) is 19.0 Å². The molecule has 3 N–H and O–H groups in total. The van der Waals surface area contributed by atoms with Gasteiger partial charge in [-0.15, -0.1) is 0 Å². The summed E-state index contributed by atoms with van der Waals surface area (Å²) in [6.45, 7) is 2.68. The molecule has 1 rings (SSSR count). The zero-order valence-corrected chi connectivity index (χ0v) is 7.34. The summed E-state index contributed by atoms with van der Waals surface area (Å²) in [6, 6.07) is 0. The molecule has 0 aliphatic heterocycles. The lowest BCUT2D eigenvalue weighted by atomic mass is 10.4. The Morgan fingerprint density at radius 2 is 2.33 bits per heavy atom. The molecular formula is C8H15N3O. The van der Waals surface area contributed by atoms with E-state index in [1.165, 1.54) is 19.8 Å². The standard InChI is InChI=1S/C8H15N3O/c1-6(12)10-4-5-11-8(9)7-2-3-7/h7H,2-5H2,1H3,(H2,9,11)(H,10,12). The van der Waals surface area contributed by atoms with Crippen LogP contribution < -0.4 is 11.1 Å². The largest absolute Gasteiger partial charge is 0.387 e. The van der Waals surface area contributed by atoms with Crippen molar-refractivity contribution in [2.24, 2.45) is 16.6 Å². The van der Waals surface area contributed by atoms with E-state index in [1.54, 1.807) is 0 Å². The van der Waals surface area contributed by atoms with Gasteiger partial charge < -0.3 is 11.1 Å². The van der Waals surface area contributed by atoms with Gasteiger partial charge in [0.2, 0.25) is 5.91 Å². The third-order valence-electron chi connectivity index (χ3n) is 1.78. The first-order valence-corrected chi connectivity index (χ1v) is 4.24. The lowest BCUT2D eigenvalue weighted by Crippen LogP contribution is -2.24. The van der Waals surface area contributed by atoms with Crippen LogP contribution in [0.5, 0.6) is 0 Å². The van der Waals surface area contributed by atoms with Gasteiger partial charge in [0, 0.05) is 19.4 Å². The molecule has 68 valence electrons. The number of nitrogens with zero attached hydrogens (tertiary/aromatic N) is 1. The van der Waals surface area contributed by atoms with Gasteiger partial charge in [0.1, 0.15) is 0 Å². The summed E-state index contributed by atoms with van der Waals surface area (Å²) in [4.78, 5) is 14.6. The Morgan fingerprint density at radius 3 is 2.83 bits per heavy atom. The molecule has 0 spiro atoms. The van der Waals surface area contributed by atoms with E-state index in [-0.39, 0.29) is 5.91 Å². The van der Waals surface area contributed by atoms with Crippen molar-refractivity contribution >= 4 is 11.7 Å². The summed E-state index contributed by atoms with van der Waals surface area (Å²) in [5, 5.41) is 2.66. The number of hydrogen-bond donors (Lipinski definition) is 2. The Hall–Kier alpha value is -1.06. The van der Waals surface area contributed by atoms with Crippen molar-refractivity contribution in [3.8, 4) is 0 Å². The molecule has 1 fully saturated rings. The third-order valence-corrected chi connectivity index (χ3v) is 1.78. The molecule has 0 radical (unpaired) electrons. The van der Waals surface area contributed by atoms with Crippen LogP contribution in [-0.2, 0) is 4.79 Å². The van der Waals surface area contributed by atoms with Crippen LogP contribution >= 0.6 is 0 Å². The van der Waals surface area contributed by atoms with Crippen molar-refractivity contribution in [3.05, 3.63) is 0 Å². The first kappa shape index (κ1) is 9.03. The number of hydrogen-bond acceptors (Lipinski definition) is 2. The summed E-state index contributed by atoms with van der Waals surface area (Å²) in [5.41, 5.74) is 5.63. The van der Waals surface area contributed by atoms with E-state index in [2.05, 4.69) is 10.3 Å². The highest BCUT2D eigenvalue weighted by molar-refractivity contribution is 5.84. The molecule has 0 unspecified atom stereocenters. The monoisotopic (exact) mass is 169 g/mol. The van der Waals surface area contributed by atoms with Crippen LogP contribution in [0.25, 0.3) is 0 Å². The second-order valence-electron chi connectivity index (χ2n) is 3.06. The van der Waals surface area contributed by atoms with Crippen molar-refractivity contribution in [2.75, 3.05) is 13.1 Å². The molecule has 1 amide bonds. The number of amidine groups is 1. The van der Waals surface area contributed by atoms with E-state index >= 15 is 0 Å². The molecule has 0 aromatic carbocycles. The minimum absolute atomic E-state index is 0.0183. The first-order valence-electron chi connectivity index (χ1n) is 4.24. The number of carbonyl (C=O) groups excluding carboxylic acids is 1. The molecular weight excluding hydrogens is 154 g/mol. The van der Waals surface area contributed by atoms with Gasteiger partial charge in [-0.1, -0.05) is 0 Å². The fourth-order valence-corrected chi connectivity index (χ4v) is 0.925. The van der Waals surface area contributed by atoms with Crippen LogP contribution in [0.2, 0.25) is 0 Å². The quantitative estimate of drug-likeness (QED) is 0.350. The maximum absolute atomic E-state index is 10.4. The Balaban J connectivity index is 2.07. The predicted molar refractivity (Wildman–Crippen MR) is 47.9 cm³/mol. The Labute approximate surface area is 72.2 Å². The average molecular weight is 169 g/mol. The molecule has 1 aliphatic carbocycles. The zero-order valence-electron chi connectivity index (χ0n) is 7.34. The summed E-state index contributed by atoms with van der Waals surface area (Å²) >= 11 is 0. The van der Waals surface area contributed by atoms with Gasteiger partial charge in [-0.05, 0) is 12.8 Å². The zero-order chi connectivity index (χ0) is 8.97. The molecule has 12 heavy (non-hydrogen) atoms. The van der Waals surface area contributed by atoms with Crippen LogP contribution in [0.3, 0.4) is 0 Å². The molecule has 0 atom stereocenters. The van der Waals surface area contributed by atoms with E-state index < -0.39 is 0 Å². The number of rotatable bonds is 4. The van der Waals surface area contributed by atoms with Crippen molar-refractivity contribution in [2.45, 2.75) is 19.8 Å². The lowest BCUT2D eigenvalue weighted by molar-refractivity contribution is -0.118. The Morgan fingerprint density at radius 1 is 1.67 bits per heavy atom. The second-order valence-corrected chi connectivity index (χ2v) is 3.06. The molecule has 4 heteroatoms. The van der Waals surface area contributed by atoms with E-state index in [0.717, 1.165) is 5.84 Å². The highest BCUT2D eigenvalue weighted by Gasteiger charge is 2.24. The van der Waals surface area contributed by atoms with E-state index in [1.807, 2.05) is 0 Å². The fraction of sp³-hybridized carbons (Fsp3) is 0.750. The van der Waals surface area contributed by atoms with Crippen LogP contribution in [0.1, 0.15) is 19.8 Å². The number of nitrogens with two attached hydrogens (primary N) is 1. The fourth-order valence-electron chi connectivity index (χ4n) is 0.925. The van der Waals surface area contributed by atoms with Gasteiger partial charge in [0.05, 0.1) is 12.4 Å². The Bertz CT molecular complexity index is 196. The highest BCUT2D eigenvalue weighted by Crippen LogP contribution is 2.28. The number of nitrogens with one attached hydrogen (secondary N) is 1. The molecule has 4 nitrogen and oxygen atoms in total. The molecule has 0 bridgehead atoms. The third kappa shape index (κ3) is 3.37. The summed E-state index contributed by atoms with van der Waals surface area (Å²) < 4.78 is 0. The lowest BCUT2D eigenvalue weighted by Gasteiger charge is -1.99. The van der Waals surface area contributed by atoms with Crippen LogP contribution in [0, 0.1) is 5.92 Å². The predicted octanol–water partition coefficient (Wildman–Crippen LogP) is -0.110. The van der Waals surface area contributed by atoms with Gasteiger partial charge in [-0.25, -0.2) is 0 Å². The first-order chi connectivity index (χ1) is 5.70. The molecule has 0 heterocycles. The summed E-state index contributed by atoms with van der Waals surface area (Å²) in [7, 11) is 0. The minimum atomic E-state index is -0.0183. The van der Waals surface area contributed by atoms with Gasteiger partial charge in [0.15, 0.2) is 0 Å². The van der Waals surface area contributed by atoms with Crippen LogP contribution in [-0.4, -0.2) is 24.8 Å². The van der Waals surface area contributed by atoms with Crippen molar-refractivity contribution in [1.29, 1.82) is 0 Å². The highest BCUT2D eigenvalue weighted by atomic mass is 16.1. The van der Waals surface area contributed by atoms with E-state index in [9.17, 15) is 4.79 Å².